The molecule has 0 aliphatic heterocycles. The molecule has 90 valence electrons. The first kappa shape index (κ1) is 13.3. The van der Waals surface area contributed by atoms with Gasteiger partial charge < -0.3 is 0 Å². The second-order valence-corrected chi connectivity index (χ2v) is 5.12. The SMILES string of the molecule is CCCC(C)C(CC)Cc1ccc(C)cc1. The highest BCUT2D eigenvalue weighted by molar-refractivity contribution is 5.21. The lowest BCUT2D eigenvalue weighted by Crippen LogP contribution is -2.13. The van der Waals surface area contributed by atoms with E-state index in [0.29, 0.717) is 0 Å². The van der Waals surface area contributed by atoms with Gasteiger partial charge in [0.05, 0.1) is 0 Å². The van der Waals surface area contributed by atoms with Crippen LogP contribution in [-0.4, -0.2) is 0 Å². The molecule has 1 aromatic carbocycles. The first-order valence-corrected chi connectivity index (χ1v) is 6.72. The highest BCUT2D eigenvalue weighted by atomic mass is 14.2. The van der Waals surface area contributed by atoms with Crippen LogP contribution in [0.5, 0.6) is 0 Å². The molecule has 0 N–H and O–H groups in total. The van der Waals surface area contributed by atoms with Crippen molar-refractivity contribution in [3.63, 3.8) is 0 Å². The fraction of sp³-hybridized carbons (Fsp3) is 0.625. The van der Waals surface area contributed by atoms with Crippen molar-refractivity contribution < 1.29 is 0 Å². The van der Waals surface area contributed by atoms with E-state index in [-0.39, 0.29) is 0 Å². The van der Waals surface area contributed by atoms with Gasteiger partial charge in [0, 0.05) is 0 Å². The van der Waals surface area contributed by atoms with Crippen molar-refractivity contribution in [3.05, 3.63) is 35.4 Å². The van der Waals surface area contributed by atoms with Crippen molar-refractivity contribution in [2.45, 2.75) is 53.4 Å². The number of benzene rings is 1. The van der Waals surface area contributed by atoms with E-state index < -0.39 is 0 Å². The molecular weight excluding hydrogens is 192 g/mol. The van der Waals surface area contributed by atoms with Crippen LogP contribution >= 0.6 is 0 Å². The highest BCUT2D eigenvalue weighted by Crippen LogP contribution is 2.24. The molecule has 0 aliphatic carbocycles. The molecule has 0 saturated heterocycles. The maximum atomic E-state index is 2.41. The van der Waals surface area contributed by atoms with E-state index in [4.69, 9.17) is 0 Å². The summed E-state index contributed by atoms with van der Waals surface area (Å²) in [6.07, 6.45) is 5.23. The Labute approximate surface area is 101 Å². The Balaban J connectivity index is 2.59. The summed E-state index contributed by atoms with van der Waals surface area (Å²) in [6.45, 7) is 9.17. The van der Waals surface area contributed by atoms with Gasteiger partial charge in [0.1, 0.15) is 0 Å². The fourth-order valence-electron chi connectivity index (χ4n) is 2.47. The highest BCUT2D eigenvalue weighted by Gasteiger charge is 2.14. The average molecular weight is 218 g/mol. The zero-order valence-corrected chi connectivity index (χ0v) is 11.3. The molecule has 0 spiro atoms. The van der Waals surface area contributed by atoms with E-state index in [1.807, 2.05) is 0 Å². The molecule has 1 rings (SSSR count). The first-order valence-electron chi connectivity index (χ1n) is 6.72. The topological polar surface area (TPSA) is 0 Å². The van der Waals surface area contributed by atoms with Gasteiger partial charge in [-0.1, -0.05) is 69.9 Å². The largest absolute Gasteiger partial charge is 0.0654 e. The lowest BCUT2D eigenvalue weighted by atomic mass is 9.83. The molecule has 0 nitrogen and oxygen atoms in total. The fourth-order valence-corrected chi connectivity index (χ4v) is 2.47. The molecule has 0 aliphatic rings. The van der Waals surface area contributed by atoms with Crippen LogP contribution < -0.4 is 0 Å². The summed E-state index contributed by atoms with van der Waals surface area (Å²) in [4.78, 5) is 0. The zero-order chi connectivity index (χ0) is 12.0. The quantitative estimate of drug-likeness (QED) is 0.630. The van der Waals surface area contributed by atoms with Gasteiger partial charge >= 0.3 is 0 Å². The minimum Gasteiger partial charge on any atom is -0.0654 e. The van der Waals surface area contributed by atoms with Crippen molar-refractivity contribution in [1.82, 2.24) is 0 Å². The van der Waals surface area contributed by atoms with E-state index in [9.17, 15) is 0 Å². The lowest BCUT2D eigenvalue weighted by molar-refractivity contribution is 0.323. The van der Waals surface area contributed by atoms with E-state index in [2.05, 4.69) is 52.0 Å². The molecular formula is C16H26. The summed E-state index contributed by atoms with van der Waals surface area (Å²) in [7, 11) is 0. The van der Waals surface area contributed by atoms with Crippen molar-refractivity contribution in [3.8, 4) is 0 Å². The molecule has 0 aromatic heterocycles. The number of aryl methyl sites for hydroxylation is 1. The molecule has 2 atom stereocenters. The smallest absolute Gasteiger partial charge is 0.0248 e. The molecule has 2 unspecified atom stereocenters. The maximum Gasteiger partial charge on any atom is -0.0248 e. The van der Waals surface area contributed by atoms with Gasteiger partial charge in [-0.3, -0.25) is 0 Å². The normalized spacial score (nSPS) is 14.8. The van der Waals surface area contributed by atoms with Crippen LogP contribution in [0.2, 0.25) is 0 Å². The van der Waals surface area contributed by atoms with Crippen molar-refractivity contribution >= 4 is 0 Å². The predicted octanol–water partition coefficient (Wildman–Crippen LogP) is 5.00. The summed E-state index contributed by atoms with van der Waals surface area (Å²) in [5.41, 5.74) is 2.86. The molecule has 0 heteroatoms. The molecule has 0 fully saturated rings. The van der Waals surface area contributed by atoms with Gasteiger partial charge in [-0.2, -0.15) is 0 Å². The predicted molar refractivity (Wildman–Crippen MR) is 72.7 cm³/mol. The third-order valence-electron chi connectivity index (χ3n) is 3.69. The monoisotopic (exact) mass is 218 g/mol. The Hall–Kier alpha value is -0.780. The van der Waals surface area contributed by atoms with Gasteiger partial charge in [0.2, 0.25) is 0 Å². The van der Waals surface area contributed by atoms with E-state index in [1.165, 1.54) is 36.8 Å². The minimum atomic E-state index is 0.850. The van der Waals surface area contributed by atoms with Gasteiger partial charge in [-0.15, -0.1) is 0 Å². The Kier molecular flexibility index (Phi) is 5.59. The van der Waals surface area contributed by atoms with Crippen LogP contribution in [0.1, 0.15) is 51.2 Å². The molecule has 0 saturated carbocycles. The number of hydrogen-bond acceptors (Lipinski definition) is 0. The number of rotatable bonds is 6. The van der Waals surface area contributed by atoms with Gasteiger partial charge in [0.15, 0.2) is 0 Å². The first-order chi connectivity index (χ1) is 7.67. The van der Waals surface area contributed by atoms with E-state index in [1.54, 1.807) is 0 Å². The van der Waals surface area contributed by atoms with Crippen molar-refractivity contribution in [2.24, 2.45) is 11.8 Å². The lowest BCUT2D eigenvalue weighted by Gasteiger charge is -2.22. The van der Waals surface area contributed by atoms with Crippen molar-refractivity contribution in [2.75, 3.05) is 0 Å². The second-order valence-electron chi connectivity index (χ2n) is 5.12. The Morgan fingerprint density at radius 2 is 1.69 bits per heavy atom. The van der Waals surface area contributed by atoms with Gasteiger partial charge in [-0.25, -0.2) is 0 Å². The molecule has 0 amide bonds. The molecule has 0 radical (unpaired) electrons. The second kappa shape index (κ2) is 6.73. The number of hydrogen-bond donors (Lipinski definition) is 0. The van der Waals surface area contributed by atoms with Crippen LogP contribution in [-0.2, 0) is 6.42 Å². The van der Waals surface area contributed by atoms with Crippen LogP contribution in [0, 0.1) is 18.8 Å². The Morgan fingerprint density at radius 1 is 1.06 bits per heavy atom. The van der Waals surface area contributed by atoms with Crippen LogP contribution in [0.3, 0.4) is 0 Å². The van der Waals surface area contributed by atoms with Crippen molar-refractivity contribution in [1.29, 1.82) is 0 Å². The Bertz CT molecular complexity index is 283. The molecule has 0 heterocycles. The summed E-state index contributed by atoms with van der Waals surface area (Å²) in [5, 5.41) is 0. The third-order valence-corrected chi connectivity index (χ3v) is 3.69. The van der Waals surface area contributed by atoms with Crippen LogP contribution in [0.4, 0.5) is 0 Å². The standard InChI is InChI=1S/C16H26/c1-5-7-14(4)16(6-2)12-15-10-8-13(3)9-11-15/h8-11,14,16H,5-7,12H2,1-4H3. The molecule has 1 aromatic rings. The summed E-state index contributed by atoms with van der Waals surface area (Å²) < 4.78 is 0. The Morgan fingerprint density at radius 3 is 2.19 bits per heavy atom. The third kappa shape index (κ3) is 4.00. The van der Waals surface area contributed by atoms with Gasteiger partial charge in [-0.05, 0) is 30.7 Å². The van der Waals surface area contributed by atoms with Gasteiger partial charge in [0.25, 0.3) is 0 Å². The van der Waals surface area contributed by atoms with E-state index >= 15 is 0 Å². The summed E-state index contributed by atoms with van der Waals surface area (Å²) in [6, 6.07) is 9.03. The van der Waals surface area contributed by atoms with E-state index in [0.717, 1.165) is 11.8 Å². The zero-order valence-electron chi connectivity index (χ0n) is 11.3. The molecule has 0 bridgehead atoms. The summed E-state index contributed by atoms with van der Waals surface area (Å²) >= 11 is 0. The average Bonchev–Trinajstić information content (AvgIpc) is 2.28. The minimum absolute atomic E-state index is 0.850. The maximum absolute atomic E-state index is 2.41. The summed E-state index contributed by atoms with van der Waals surface area (Å²) in [5.74, 6) is 1.71. The van der Waals surface area contributed by atoms with Crippen LogP contribution in [0.25, 0.3) is 0 Å². The molecule has 16 heavy (non-hydrogen) atoms. The van der Waals surface area contributed by atoms with Crippen LogP contribution in [0.15, 0.2) is 24.3 Å².